The molecule has 1 heterocycles. The van der Waals surface area contributed by atoms with E-state index < -0.39 is 16.1 Å². The van der Waals surface area contributed by atoms with E-state index in [1.807, 2.05) is 0 Å². The summed E-state index contributed by atoms with van der Waals surface area (Å²) in [5.41, 5.74) is 1.49. The summed E-state index contributed by atoms with van der Waals surface area (Å²) in [6.45, 7) is 0.282. The maximum absolute atomic E-state index is 13.5. The number of amides is 1. The third-order valence-corrected chi connectivity index (χ3v) is 7.63. The van der Waals surface area contributed by atoms with E-state index in [4.69, 9.17) is 21.1 Å². The Morgan fingerprint density at radius 3 is 2.69 bits per heavy atom. The lowest BCUT2D eigenvalue weighted by Gasteiger charge is -2.35. The molecule has 32 heavy (non-hydrogen) atoms. The van der Waals surface area contributed by atoms with E-state index >= 15 is 0 Å². The van der Waals surface area contributed by atoms with Gasteiger partial charge < -0.3 is 14.8 Å². The first-order chi connectivity index (χ1) is 15.4. The molecule has 2 aromatic carbocycles. The van der Waals surface area contributed by atoms with Gasteiger partial charge in [-0.2, -0.15) is 0 Å². The average Bonchev–Trinajstić information content (AvgIpc) is 2.82. The Balaban J connectivity index is 1.61. The smallest absolute Gasteiger partial charge is 0.264 e. The Bertz CT molecular complexity index is 1130. The molecule has 2 aromatic rings. The van der Waals surface area contributed by atoms with Gasteiger partial charge in [0.1, 0.15) is 11.5 Å². The van der Waals surface area contributed by atoms with Gasteiger partial charge in [-0.25, -0.2) is 8.42 Å². The van der Waals surface area contributed by atoms with Crippen molar-refractivity contribution in [3.8, 4) is 11.5 Å². The number of benzene rings is 2. The number of anilines is 1. The first-order valence-electron chi connectivity index (χ1n) is 10.5. The van der Waals surface area contributed by atoms with Crippen molar-refractivity contribution in [1.29, 1.82) is 0 Å². The van der Waals surface area contributed by atoms with Crippen LogP contribution in [0, 0.1) is 0 Å². The minimum absolute atomic E-state index is 0.0812. The number of ether oxygens (including phenoxy) is 2. The average molecular weight is 477 g/mol. The lowest BCUT2D eigenvalue weighted by atomic mass is 10.00. The number of methoxy groups -OCH3 is 1. The van der Waals surface area contributed by atoms with Crippen LogP contribution in [-0.2, 0) is 14.8 Å². The summed E-state index contributed by atoms with van der Waals surface area (Å²) < 4.78 is 39.1. The Kier molecular flexibility index (Phi) is 6.62. The van der Waals surface area contributed by atoms with Crippen molar-refractivity contribution < 1.29 is 22.7 Å². The molecule has 0 saturated carbocycles. The number of hydrogen-bond acceptors (Lipinski definition) is 5. The molecule has 1 atom stereocenters. The van der Waals surface area contributed by atoms with Gasteiger partial charge >= 0.3 is 0 Å². The maximum Gasteiger partial charge on any atom is 0.264 e. The lowest BCUT2D eigenvalue weighted by Crippen LogP contribution is -2.51. The molecule has 1 aliphatic carbocycles. The molecular formula is C23H25ClN2O5S. The van der Waals surface area contributed by atoms with Crippen molar-refractivity contribution >= 4 is 33.2 Å². The molecule has 0 radical (unpaired) electrons. The second-order valence-electron chi connectivity index (χ2n) is 7.76. The molecule has 1 N–H and O–H groups in total. The number of carbonyl (C=O) groups excluding carboxylic acids is 1. The van der Waals surface area contributed by atoms with Gasteiger partial charge in [-0.15, -0.1) is 0 Å². The van der Waals surface area contributed by atoms with Gasteiger partial charge in [0.05, 0.1) is 24.2 Å². The van der Waals surface area contributed by atoms with E-state index in [9.17, 15) is 13.2 Å². The number of fused-ring (bicyclic) bond motifs is 1. The van der Waals surface area contributed by atoms with Gasteiger partial charge in [-0.3, -0.25) is 9.10 Å². The molecule has 0 fully saturated rings. The fourth-order valence-corrected chi connectivity index (χ4v) is 5.48. The van der Waals surface area contributed by atoms with Crippen molar-refractivity contribution in [2.45, 2.75) is 36.7 Å². The number of halogens is 1. The van der Waals surface area contributed by atoms with Crippen molar-refractivity contribution in [3.63, 3.8) is 0 Å². The first kappa shape index (κ1) is 22.5. The minimum atomic E-state index is -3.97. The first-order valence-corrected chi connectivity index (χ1v) is 12.3. The molecule has 0 spiro atoms. The number of carbonyl (C=O) groups is 1. The van der Waals surface area contributed by atoms with Gasteiger partial charge in [-0.05, 0) is 68.1 Å². The van der Waals surface area contributed by atoms with Crippen LogP contribution < -0.4 is 19.1 Å². The highest BCUT2D eigenvalue weighted by atomic mass is 35.5. The van der Waals surface area contributed by atoms with Crippen molar-refractivity contribution in [3.05, 3.63) is 59.1 Å². The lowest BCUT2D eigenvalue weighted by molar-refractivity contribution is -0.127. The molecule has 4 rings (SSSR count). The third-order valence-electron chi connectivity index (χ3n) is 5.61. The summed E-state index contributed by atoms with van der Waals surface area (Å²) >= 11 is 6.13. The fraction of sp³-hybridized carbons (Fsp3) is 0.348. The Morgan fingerprint density at radius 2 is 2.00 bits per heavy atom. The van der Waals surface area contributed by atoms with Crippen LogP contribution in [0.5, 0.6) is 11.5 Å². The molecule has 1 aliphatic heterocycles. The molecule has 9 heteroatoms. The quantitative estimate of drug-likeness (QED) is 0.639. The van der Waals surface area contributed by atoms with E-state index in [1.54, 1.807) is 24.3 Å². The number of nitrogens with one attached hydrogen (secondary N) is 1. The Hall–Kier alpha value is -2.71. The van der Waals surface area contributed by atoms with E-state index in [0.717, 1.165) is 19.3 Å². The Morgan fingerprint density at radius 1 is 1.22 bits per heavy atom. The zero-order chi connectivity index (χ0) is 22.7. The molecular weight excluding hydrogens is 452 g/mol. The number of rotatable bonds is 6. The molecule has 0 saturated heterocycles. The number of hydrogen-bond donors (Lipinski definition) is 1. The van der Waals surface area contributed by atoms with Crippen LogP contribution in [0.2, 0.25) is 5.02 Å². The van der Waals surface area contributed by atoms with Crippen LogP contribution in [0.15, 0.2) is 59.0 Å². The topological polar surface area (TPSA) is 84.9 Å². The minimum Gasteiger partial charge on any atom is -0.497 e. The fourth-order valence-electron chi connectivity index (χ4n) is 3.84. The summed E-state index contributed by atoms with van der Waals surface area (Å²) in [5, 5.41) is 3.26. The monoisotopic (exact) mass is 476 g/mol. The van der Waals surface area contributed by atoms with Crippen LogP contribution in [0.1, 0.15) is 25.7 Å². The Labute approximate surface area is 193 Å². The van der Waals surface area contributed by atoms with Gasteiger partial charge in [0.15, 0.2) is 6.10 Å². The van der Waals surface area contributed by atoms with E-state index in [2.05, 4.69) is 11.4 Å². The summed E-state index contributed by atoms with van der Waals surface area (Å²) in [6.07, 6.45) is 5.44. The summed E-state index contributed by atoms with van der Waals surface area (Å²) in [7, 11) is -2.46. The second-order valence-corrected chi connectivity index (χ2v) is 10.1. The van der Waals surface area contributed by atoms with Crippen LogP contribution in [0.3, 0.4) is 0 Å². The van der Waals surface area contributed by atoms with Crippen LogP contribution in [-0.4, -0.2) is 40.6 Å². The molecule has 170 valence electrons. The van der Waals surface area contributed by atoms with Crippen molar-refractivity contribution in [2.75, 3.05) is 24.5 Å². The standard InChI is InChI=1S/C23H25ClN2O5S/c1-30-18-8-10-19(11-9-18)32(28,29)26-15-22(31-21-12-7-17(24)13-20(21)26)23(27)25-14-16-5-3-2-4-6-16/h5,7-13,22H,2-4,6,14-15H2,1H3,(H,25,27)/t22-/m1/s1. The largest absolute Gasteiger partial charge is 0.497 e. The maximum atomic E-state index is 13.5. The van der Waals surface area contributed by atoms with Gasteiger partial charge in [0.2, 0.25) is 0 Å². The van der Waals surface area contributed by atoms with Gasteiger partial charge in [0, 0.05) is 11.6 Å². The highest BCUT2D eigenvalue weighted by Gasteiger charge is 2.37. The third kappa shape index (κ3) is 4.71. The highest BCUT2D eigenvalue weighted by molar-refractivity contribution is 7.92. The van der Waals surface area contributed by atoms with Crippen LogP contribution >= 0.6 is 11.6 Å². The summed E-state index contributed by atoms with van der Waals surface area (Å²) in [5.74, 6) is 0.477. The second kappa shape index (κ2) is 9.42. The molecule has 7 nitrogen and oxygen atoms in total. The zero-order valence-electron chi connectivity index (χ0n) is 17.7. The van der Waals surface area contributed by atoms with Crippen molar-refractivity contribution in [2.24, 2.45) is 0 Å². The number of allylic oxidation sites excluding steroid dienone is 1. The highest BCUT2D eigenvalue weighted by Crippen LogP contribution is 2.39. The predicted molar refractivity (Wildman–Crippen MR) is 123 cm³/mol. The predicted octanol–water partition coefficient (Wildman–Crippen LogP) is 3.92. The van der Waals surface area contributed by atoms with Crippen LogP contribution in [0.4, 0.5) is 5.69 Å². The van der Waals surface area contributed by atoms with E-state index in [1.165, 1.54) is 41.6 Å². The molecule has 0 bridgehead atoms. The normalized spacial score (nSPS) is 18.2. The number of nitrogens with zero attached hydrogens (tertiary/aromatic N) is 1. The number of sulfonamides is 1. The summed E-state index contributed by atoms with van der Waals surface area (Å²) in [6, 6.07) is 10.8. The van der Waals surface area contributed by atoms with E-state index in [0.29, 0.717) is 23.0 Å². The van der Waals surface area contributed by atoms with Crippen LogP contribution in [0.25, 0.3) is 0 Å². The summed E-state index contributed by atoms with van der Waals surface area (Å²) in [4.78, 5) is 13.0. The van der Waals surface area contributed by atoms with E-state index in [-0.39, 0.29) is 23.1 Å². The molecule has 1 amide bonds. The molecule has 2 aliphatic rings. The van der Waals surface area contributed by atoms with Gasteiger partial charge in [-0.1, -0.05) is 23.3 Å². The molecule has 0 unspecified atom stereocenters. The van der Waals surface area contributed by atoms with Crippen molar-refractivity contribution in [1.82, 2.24) is 5.32 Å². The van der Waals surface area contributed by atoms with Gasteiger partial charge in [0.25, 0.3) is 15.9 Å². The zero-order valence-corrected chi connectivity index (χ0v) is 19.3. The SMILES string of the molecule is COc1ccc(S(=O)(=O)N2C[C@H](C(=O)NCC3=CCCCC3)Oc3ccc(Cl)cc32)cc1. The molecule has 0 aromatic heterocycles.